The highest BCUT2D eigenvalue weighted by atomic mass is 16.5. The molecule has 2 aliphatic rings. The number of benzene rings is 2. The molecule has 0 spiro atoms. The van der Waals surface area contributed by atoms with Crippen molar-refractivity contribution in [3.8, 4) is 23.0 Å². The molecule has 0 aromatic heterocycles. The highest BCUT2D eigenvalue weighted by Gasteiger charge is 2.31. The Kier molecular flexibility index (Phi) is 4.55. The van der Waals surface area contributed by atoms with E-state index in [-0.39, 0.29) is 24.5 Å². The summed E-state index contributed by atoms with van der Waals surface area (Å²) in [4.78, 5) is 22.6. The lowest BCUT2D eigenvalue weighted by Gasteiger charge is -2.32. The minimum atomic E-state index is -1.12. The van der Waals surface area contributed by atoms with Crippen molar-refractivity contribution < 1.29 is 19.4 Å². The summed E-state index contributed by atoms with van der Waals surface area (Å²) in [6.45, 7) is 0.287. The van der Waals surface area contributed by atoms with Crippen LogP contribution < -0.4 is 5.32 Å². The van der Waals surface area contributed by atoms with Crippen LogP contribution in [0.3, 0.4) is 0 Å². The first-order chi connectivity index (χ1) is 13.1. The smallest absolute Gasteiger partial charge is 0.407 e. The third kappa shape index (κ3) is 3.52. The first kappa shape index (κ1) is 17.2. The van der Waals surface area contributed by atoms with Gasteiger partial charge in [-0.2, -0.15) is 0 Å². The number of hydrogen-bond donors (Lipinski definition) is 2. The van der Waals surface area contributed by atoms with Crippen LogP contribution in [0, 0.1) is 17.8 Å². The number of fused-ring (bicyclic) bond motifs is 3. The fourth-order valence-electron chi connectivity index (χ4n) is 3.82. The number of hydrogen-bond acceptors (Lipinski definition) is 3. The van der Waals surface area contributed by atoms with Crippen molar-refractivity contribution in [2.45, 2.75) is 24.8 Å². The zero-order valence-corrected chi connectivity index (χ0v) is 14.6. The predicted octanol–water partition coefficient (Wildman–Crippen LogP) is 3.39. The van der Waals surface area contributed by atoms with Gasteiger partial charge in [-0.1, -0.05) is 54.5 Å². The first-order valence-electron chi connectivity index (χ1n) is 8.98. The highest BCUT2D eigenvalue weighted by Crippen LogP contribution is 2.44. The van der Waals surface area contributed by atoms with Gasteiger partial charge in [-0.15, -0.1) is 0 Å². The van der Waals surface area contributed by atoms with Crippen LogP contribution in [0.25, 0.3) is 11.1 Å². The molecule has 27 heavy (non-hydrogen) atoms. The zero-order chi connectivity index (χ0) is 18.8. The molecule has 136 valence electrons. The molecule has 0 aliphatic heterocycles. The van der Waals surface area contributed by atoms with E-state index < -0.39 is 12.1 Å². The molecule has 2 aromatic carbocycles. The molecule has 0 unspecified atom stereocenters. The quantitative estimate of drug-likeness (QED) is 0.822. The first-order valence-corrected chi connectivity index (χ1v) is 8.98. The number of carbonyl (C=O) groups excluding carboxylic acids is 1. The summed E-state index contributed by atoms with van der Waals surface area (Å²) >= 11 is 0. The Bertz CT molecular complexity index is 905. The summed E-state index contributed by atoms with van der Waals surface area (Å²) in [6.07, 6.45) is 0.876. The van der Waals surface area contributed by atoms with Crippen LogP contribution in [-0.4, -0.2) is 29.8 Å². The van der Waals surface area contributed by atoms with Gasteiger partial charge < -0.3 is 15.2 Å². The number of alkyl carbamates (subject to hydrolysis) is 1. The predicted molar refractivity (Wildman–Crippen MR) is 100 cm³/mol. The minimum absolute atomic E-state index is 0.00579. The number of rotatable bonds is 3. The van der Waals surface area contributed by atoms with Crippen molar-refractivity contribution in [1.29, 1.82) is 0 Å². The van der Waals surface area contributed by atoms with Gasteiger partial charge in [0.25, 0.3) is 0 Å². The van der Waals surface area contributed by atoms with Crippen molar-refractivity contribution in [2.75, 3.05) is 6.61 Å². The third-order valence-electron chi connectivity index (χ3n) is 5.19. The average molecular weight is 361 g/mol. The van der Waals surface area contributed by atoms with Crippen molar-refractivity contribution in [3.63, 3.8) is 0 Å². The second-order valence-corrected chi connectivity index (χ2v) is 6.91. The Morgan fingerprint density at radius 3 is 2.22 bits per heavy atom. The van der Waals surface area contributed by atoms with Crippen LogP contribution in [-0.2, 0) is 9.53 Å². The number of aliphatic carboxylic acids is 1. The second-order valence-electron chi connectivity index (χ2n) is 6.91. The van der Waals surface area contributed by atoms with Gasteiger partial charge in [0, 0.05) is 23.8 Å². The van der Waals surface area contributed by atoms with E-state index in [0.29, 0.717) is 12.8 Å². The lowest BCUT2D eigenvalue weighted by Crippen LogP contribution is -2.44. The van der Waals surface area contributed by atoms with Gasteiger partial charge >= 0.3 is 12.1 Å². The SMILES string of the molecule is O=C(O)C#CC1CC(NC(=O)OCC2c3ccccc3-c3ccccc32)C1. The zero-order valence-electron chi connectivity index (χ0n) is 14.6. The molecule has 5 heteroatoms. The average Bonchev–Trinajstić information content (AvgIpc) is 2.95. The van der Waals surface area contributed by atoms with Gasteiger partial charge in [0.2, 0.25) is 0 Å². The van der Waals surface area contributed by atoms with Gasteiger partial charge in [0.05, 0.1) is 0 Å². The molecule has 1 amide bonds. The van der Waals surface area contributed by atoms with Gasteiger partial charge in [-0.3, -0.25) is 0 Å². The maximum absolute atomic E-state index is 12.1. The van der Waals surface area contributed by atoms with Gasteiger partial charge in [-0.25, -0.2) is 9.59 Å². The monoisotopic (exact) mass is 361 g/mol. The Hall–Kier alpha value is -3.26. The summed E-state index contributed by atoms with van der Waals surface area (Å²) < 4.78 is 5.50. The summed E-state index contributed by atoms with van der Waals surface area (Å²) in [5, 5.41) is 11.4. The summed E-state index contributed by atoms with van der Waals surface area (Å²) in [7, 11) is 0. The molecule has 0 saturated heterocycles. The molecule has 2 aromatic rings. The molecule has 5 nitrogen and oxygen atoms in total. The van der Waals surface area contributed by atoms with Crippen molar-refractivity contribution in [2.24, 2.45) is 5.92 Å². The minimum Gasteiger partial charge on any atom is -0.472 e. The lowest BCUT2D eigenvalue weighted by molar-refractivity contribution is -0.130. The maximum Gasteiger partial charge on any atom is 0.407 e. The standard InChI is InChI=1S/C22H19NO4/c24-21(25)10-9-14-11-15(12-14)23-22(26)27-13-20-18-7-3-1-5-16(18)17-6-2-4-8-19(17)20/h1-8,14-15,20H,11-13H2,(H,23,26)(H,24,25). The molecule has 0 heterocycles. The van der Waals surface area contributed by atoms with Crippen LogP contribution in [0.15, 0.2) is 48.5 Å². The Balaban J connectivity index is 1.34. The lowest BCUT2D eigenvalue weighted by atomic mass is 9.81. The van der Waals surface area contributed by atoms with Gasteiger partial charge in [0.15, 0.2) is 0 Å². The van der Waals surface area contributed by atoms with Crippen molar-refractivity contribution in [1.82, 2.24) is 5.32 Å². The Morgan fingerprint density at radius 2 is 1.63 bits per heavy atom. The van der Waals surface area contributed by atoms with E-state index in [4.69, 9.17) is 9.84 Å². The molecule has 0 radical (unpaired) electrons. The molecule has 4 rings (SSSR count). The molecule has 1 fully saturated rings. The van der Waals surface area contributed by atoms with Gasteiger partial charge in [0.1, 0.15) is 6.61 Å². The number of carbonyl (C=O) groups is 2. The Morgan fingerprint density at radius 1 is 1.04 bits per heavy atom. The number of carboxylic acid groups (broad SMARTS) is 1. The molecule has 0 atom stereocenters. The highest BCUT2D eigenvalue weighted by molar-refractivity contribution is 5.86. The van der Waals surface area contributed by atoms with Crippen molar-refractivity contribution in [3.05, 3.63) is 59.7 Å². The van der Waals surface area contributed by atoms with E-state index in [1.54, 1.807) is 0 Å². The Labute approximate surface area is 157 Å². The fraction of sp³-hybridized carbons (Fsp3) is 0.273. The largest absolute Gasteiger partial charge is 0.472 e. The van der Waals surface area contributed by atoms with Crippen LogP contribution in [0.1, 0.15) is 29.9 Å². The summed E-state index contributed by atoms with van der Waals surface area (Å²) in [5.74, 6) is 3.75. The maximum atomic E-state index is 12.1. The third-order valence-corrected chi connectivity index (χ3v) is 5.19. The van der Waals surface area contributed by atoms with Crippen molar-refractivity contribution >= 4 is 12.1 Å². The number of ether oxygens (including phenoxy) is 1. The fourth-order valence-corrected chi connectivity index (χ4v) is 3.82. The van der Waals surface area contributed by atoms with Crippen LogP contribution in [0.4, 0.5) is 4.79 Å². The van der Waals surface area contributed by atoms with Crippen LogP contribution >= 0.6 is 0 Å². The number of carboxylic acids is 1. The van der Waals surface area contributed by atoms with E-state index in [2.05, 4.69) is 41.4 Å². The molecule has 1 saturated carbocycles. The second kappa shape index (κ2) is 7.16. The molecule has 2 N–H and O–H groups in total. The van der Waals surface area contributed by atoms with E-state index >= 15 is 0 Å². The molecular weight excluding hydrogens is 342 g/mol. The van der Waals surface area contributed by atoms with E-state index in [1.807, 2.05) is 24.3 Å². The van der Waals surface area contributed by atoms with Crippen LogP contribution in [0.5, 0.6) is 0 Å². The van der Waals surface area contributed by atoms with Gasteiger partial charge in [-0.05, 0) is 35.1 Å². The normalized spacial score (nSPS) is 19.7. The molecule has 2 aliphatic carbocycles. The van der Waals surface area contributed by atoms with E-state index in [9.17, 15) is 9.59 Å². The number of nitrogens with one attached hydrogen (secondary N) is 1. The van der Waals surface area contributed by atoms with E-state index in [0.717, 1.165) is 0 Å². The molecule has 0 bridgehead atoms. The summed E-state index contributed by atoms with van der Waals surface area (Å²) in [6, 6.07) is 16.4. The molecular formula is C22H19NO4. The summed E-state index contributed by atoms with van der Waals surface area (Å²) in [5.41, 5.74) is 4.75. The van der Waals surface area contributed by atoms with Crippen LogP contribution in [0.2, 0.25) is 0 Å². The number of amides is 1. The van der Waals surface area contributed by atoms with E-state index in [1.165, 1.54) is 22.3 Å². The topological polar surface area (TPSA) is 75.6 Å².